The molecule has 2 fully saturated rings. The number of ketones is 1. The van der Waals surface area contributed by atoms with Crippen LogP contribution in [0.15, 0.2) is 102 Å². The number of carbonyl (C=O) groups excluding carboxylic acids is 1. The Bertz CT molecular complexity index is 2350. The Hall–Kier alpha value is -2.85. The van der Waals surface area contributed by atoms with Gasteiger partial charge in [-0.3, -0.25) is 4.79 Å². The van der Waals surface area contributed by atoms with Gasteiger partial charge in [-0.15, -0.1) is 11.3 Å². The van der Waals surface area contributed by atoms with Crippen LogP contribution in [0.25, 0.3) is 10.6 Å². The number of carbonyl (C=O) groups is 1. The largest absolute Gasteiger partial charge is 0.389 e. The quantitative estimate of drug-likeness (QED) is 0.102. The van der Waals surface area contributed by atoms with Crippen LogP contribution in [0.4, 0.5) is 0 Å². The monoisotopic (exact) mass is 1040 g/mol. The summed E-state index contributed by atoms with van der Waals surface area (Å²) < 4.78 is 6.04. The fraction of sp³-hybridized carbons (Fsp3) is 0.295. The molecule has 8 rings (SSSR count). The zero-order valence-corrected chi connectivity index (χ0v) is 42.1. The summed E-state index contributed by atoms with van der Waals surface area (Å²) in [5.41, 5.74) is 13.7. The number of aromatic nitrogens is 1. The van der Waals surface area contributed by atoms with Crippen molar-refractivity contribution in [1.29, 1.82) is 10.5 Å². The number of thiazole rings is 1. The van der Waals surface area contributed by atoms with Gasteiger partial charge in [-0.25, -0.2) is 4.98 Å². The number of thiocarbonyl (C=S) groups is 1. The van der Waals surface area contributed by atoms with Gasteiger partial charge in [0, 0.05) is 36.1 Å². The average molecular weight is 1050 g/mol. The lowest BCUT2D eigenvalue weighted by Crippen LogP contribution is -2.14. The average Bonchev–Trinajstić information content (AvgIpc) is 3.94. The van der Waals surface area contributed by atoms with E-state index < -0.39 is 0 Å². The molecule has 17 heteroatoms. The third kappa shape index (κ3) is 20.9. The molecule has 0 spiro atoms. The van der Waals surface area contributed by atoms with Crippen molar-refractivity contribution in [3.8, 4) is 22.7 Å². The van der Waals surface area contributed by atoms with Gasteiger partial charge in [0.2, 0.25) is 0 Å². The normalized spacial score (nSPS) is 16.0. The van der Waals surface area contributed by atoms with Crippen molar-refractivity contribution < 1.29 is 14.6 Å². The molecule has 0 amide bonds. The molecule has 320 valence electrons. The number of rotatable bonds is 3. The van der Waals surface area contributed by atoms with Crippen LogP contribution in [0.2, 0.25) is 0 Å². The minimum absolute atomic E-state index is 0. The third-order valence-electron chi connectivity index (χ3n) is 8.65. The predicted octanol–water partition coefficient (Wildman–Crippen LogP) is 12.2. The zero-order valence-electron chi connectivity index (χ0n) is 33.0. The van der Waals surface area contributed by atoms with Crippen molar-refractivity contribution >= 4 is 115 Å². The minimum Gasteiger partial charge on any atom is -0.389 e. The maximum absolute atomic E-state index is 10.7. The number of hydrogen-bond acceptors (Lipinski definition) is 10. The number of aliphatic hydroxyl groups excluding tert-OH is 1. The first-order chi connectivity index (χ1) is 28.9. The van der Waals surface area contributed by atoms with Crippen LogP contribution in [-0.2, 0) is 66.2 Å². The molecule has 3 unspecified atom stereocenters. The number of halogens is 1. The second kappa shape index (κ2) is 30.3. The van der Waals surface area contributed by atoms with Gasteiger partial charge in [-0.2, -0.15) is 10.5 Å². The lowest BCUT2D eigenvalue weighted by molar-refractivity contribution is -0.120. The number of ether oxygens (including phenoxy) is 1. The molecule has 1 saturated heterocycles. The Balaban J connectivity index is 0.000000259. The lowest BCUT2D eigenvalue weighted by atomic mass is 10.00. The first-order valence-electron chi connectivity index (χ1n) is 18.5. The second-order valence-corrected chi connectivity index (χ2v) is 25.4. The van der Waals surface area contributed by atoms with Crippen LogP contribution in [0.1, 0.15) is 89.6 Å². The number of Topliss-reactive ketones (excluding diaryl/α,β-unsaturated/α-hetero) is 1. The predicted molar refractivity (Wildman–Crippen MR) is 277 cm³/mol. The second-order valence-electron chi connectivity index (χ2n) is 13.3. The number of hydrogen-bond donors (Lipinski definition) is 2. The first-order valence-corrected chi connectivity index (χ1v) is 29.0. The van der Waals surface area contributed by atoms with E-state index in [0.29, 0.717) is 22.4 Å². The fourth-order valence-corrected chi connectivity index (χ4v) is 16.5. The van der Waals surface area contributed by atoms with Gasteiger partial charge in [-0.1, -0.05) is 113 Å². The van der Waals surface area contributed by atoms with E-state index in [2.05, 4.69) is 81.2 Å². The van der Waals surface area contributed by atoms with E-state index >= 15 is 0 Å². The molecule has 3 atom stereocenters. The van der Waals surface area contributed by atoms with Crippen LogP contribution in [-0.4, -0.2) is 33.1 Å². The van der Waals surface area contributed by atoms with E-state index in [1.807, 2.05) is 80.6 Å². The Kier molecular flexibility index (Phi) is 26.9. The van der Waals surface area contributed by atoms with Crippen LogP contribution in [0.5, 0.6) is 0 Å². The van der Waals surface area contributed by atoms with Gasteiger partial charge in [0.1, 0.15) is 16.1 Å². The van der Waals surface area contributed by atoms with Gasteiger partial charge >= 0.3 is 0 Å². The Morgan fingerprint density at radius 2 is 1.41 bits per heavy atom. The molecule has 7 nitrogen and oxygen atoms in total. The van der Waals surface area contributed by atoms with Crippen LogP contribution >= 0.6 is 53.6 Å². The molecule has 2 heterocycles. The molecule has 61 heavy (non-hydrogen) atoms. The smallest absolute Gasteiger partial charge is 0.164 e. The highest BCUT2D eigenvalue weighted by atomic mass is 79.9. The summed E-state index contributed by atoms with van der Waals surface area (Å²) in [6.07, 6.45) is 5.90. The van der Waals surface area contributed by atoms with Crippen LogP contribution in [0.3, 0.4) is 0 Å². The lowest BCUT2D eigenvalue weighted by Gasteiger charge is -2.14. The molecule has 1 aliphatic heterocycles. The standard InChI is InChI=1S/C14H15NOS.C8H9NS.C8H7N.C7H4BrN.C6H8O2.CH4.P2S5/c1-9-5-7-10(8-6-9)14-15-11-3-2-4-12(16)13(11)17-14;1-6-2-4-7(5-3-6)8(9)10;1-7-2-4-8(6-9)5-3-7;8-7-3-1-6(5-9)2-4-7;7-4-2-1-3-5-6(4)8-5;;3-1-2-5-7-6-4/h5-8,12,16H,2-4H2,1H3;2-5H,1H3,(H2,9,10);2-5H,1H3;1-4H;5-6H,1-3H2;1H4;. The molecule has 1 aromatic heterocycles. The van der Waals surface area contributed by atoms with Crippen LogP contribution in [0, 0.1) is 43.4 Å². The van der Waals surface area contributed by atoms with Gasteiger partial charge < -0.3 is 15.6 Å². The summed E-state index contributed by atoms with van der Waals surface area (Å²) in [4.78, 5) is 16.9. The Labute approximate surface area is 400 Å². The number of aryl methyl sites for hydroxylation is 4. The summed E-state index contributed by atoms with van der Waals surface area (Å²) in [6.45, 7) is 6.12. The van der Waals surface area contributed by atoms with Crippen molar-refractivity contribution in [2.24, 2.45) is 5.73 Å². The fourth-order valence-electron chi connectivity index (χ4n) is 5.39. The van der Waals surface area contributed by atoms with E-state index in [9.17, 15) is 9.90 Å². The zero-order chi connectivity index (χ0) is 43.9. The van der Waals surface area contributed by atoms with Gasteiger partial charge in [-0.05, 0) is 140 Å². The van der Waals surface area contributed by atoms with Crippen molar-refractivity contribution in [3.05, 3.63) is 145 Å². The highest BCUT2D eigenvalue weighted by Crippen LogP contribution is 2.38. The first kappa shape index (κ1) is 54.3. The van der Waals surface area contributed by atoms with E-state index in [4.69, 9.17) is 33.2 Å². The van der Waals surface area contributed by atoms with Crippen molar-refractivity contribution in [1.82, 2.24) is 4.98 Å². The molecular weight excluding hydrogens is 999 g/mol. The van der Waals surface area contributed by atoms with E-state index in [-0.39, 0.29) is 19.6 Å². The van der Waals surface area contributed by atoms with Crippen molar-refractivity contribution in [3.63, 3.8) is 0 Å². The summed E-state index contributed by atoms with van der Waals surface area (Å²) in [7, 11) is 6.83. The molecule has 0 radical (unpaired) electrons. The van der Waals surface area contributed by atoms with E-state index in [0.717, 1.165) is 82.3 Å². The third-order valence-corrected chi connectivity index (χ3v) is 20.6. The van der Waals surface area contributed by atoms with Gasteiger partial charge in [0.05, 0.1) is 46.0 Å². The molecule has 3 N–H and O–H groups in total. The maximum atomic E-state index is 10.7. The van der Waals surface area contributed by atoms with Gasteiger partial charge in [0.15, 0.2) is 5.78 Å². The maximum Gasteiger partial charge on any atom is 0.164 e. The molecule has 4 aromatic carbocycles. The molecular formula is C44H47BrN4O3P2S7. The van der Waals surface area contributed by atoms with E-state index in [1.165, 1.54) is 32.6 Å². The van der Waals surface area contributed by atoms with Crippen LogP contribution < -0.4 is 5.73 Å². The SMILES string of the molecule is C.Cc1ccc(-c2nc3c(s2)C(O)CCC3)cc1.Cc1ccc(C#N)cc1.Cc1ccc(C(N)=S)cc1.N#Cc1ccc(Br)cc1.O=C1CCCC2OC12.S=PP=S=S=S=S. The number of epoxide rings is 1. The summed E-state index contributed by atoms with van der Waals surface area (Å²) in [6, 6.07) is 35.1. The van der Waals surface area contributed by atoms with Crippen molar-refractivity contribution in [2.75, 3.05) is 0 Å². The Morgan fingerprint density at radius 3 is 1.89 bits per heavy atom. The number of nitriles is 2. The van der Waals surface area contributed by atoms with Crippen molar-refractivity contribution in [2.45, 2.75) is 85.0 Å². The Morgan fingerprint density at radius 1 is 0.885 bits per heavy atom. The molecule has 0 bridgehead atoms. The van der Waals surface area contributed by atoms with E-state index in [1.54, 1.807) is 41.8 Å². The highest BCUT2D eigenvalue weighted by Gasteiger charge is 2.46. The van der Waals surface area contributed by atoms with Gasteiger partial charge in [0.25, 0.3) is 0 Å². The highest BCUT2D eigenvalue weighted by molar-refractivity contribution is 9.10. The number of aliphatic hydroxyl groups is 1. The number of fused-ring (bicyclic) bond motifs is 2. The number of nitrogens with zero attached hydrogens (tertiary/aromatic N) is 3. The summed E-state index contributed by atoms with van der Waals surface area (Å²) >= 11 is 18.9. The number of benzene rings is 4. The molecule has 3 aliphatic rings. The molecule has 5 aromatic rings. The molecule has 1 saturated carbocycles. The topological polar surface area (TPSA) is 136 Å². The minimum atomic E-state index is -0.296. The number of nitrogens with two attached hydrogens (primary N) is 1. The summed E-state index contributed by atoms with van der Waals surface area (Å²) in [5.74, 6) is 0.321. The molecule has 2 aliphatic carbocycles. The summed E-state index contributed by atoms with van der Waals surface area (Å²) in [5, 5.41) is 27.7.